The minimum absolute atomic E-state index is 0.137. The fourth-order valence-electron chi connectivity index (χ4n) is 4.05. The number of aromatic nitrogens is 5. The summed E-state index contributed by atoms with van der Waals surface area (Å²) in [5.41, 5.74) is 5.79. The van der Waals surface area contributed by atoms with Crippen LogP contribution in [0.15, 0.2) is 48.9 Å². The van der Waals surface area contributed by atoms with Gasteiger partial charge in [0.15, 0.2) is 11.5 Å². The number of hydrogen-bond donors (Lipinski definition) is 0. The summed E-state index contributed by atoms with van der Waals surface area (Å²) in [5, 5.41) is 14.1. The lowest BCUT2D eigenvalue weighted by Crippen LogP contribution is -2.36. The molecule has 0 amide bonds. The maximum atomic E-state index is 9.29. The van der Waals surface area contributed by atoms with Gasteiger partial charge in [0.1, 0.15) is 5.52 Å². The van der Waals surface area contributed by atoms with Crippen molar-refractivity contribution in [2.45, 2.75) is 20.4 Å². The molecule has 1 aliphatic heterocycles. The van der Waals surface area contributed by atoms with Crippen LogP contribution in [0.5, 0.6) is 0 Å². The zero-order valence-corrected chi connectivity index (χ0v) is 18.3. The van der Waals surface area contributed by atoms with E-state index in [-0.39, 0.29) is 5.92 Å². The number of aryl methyl sites for hydroxylation is 1. The van der Waals surface area contributed by atoms with Gasteiger partial charge in [-0.15, -0.1) is 0 Å². The Morgan fingerprint density at radius 3 is 2.81 bits per heavy atom. The third kappa shape index (κ3) is 3.83. The molecule has 0 saturated carbocycles. The maximum absolute atomic E-state index is 9.29. The summed E-state index contributed by atoms with van der Waals surface area (Å²) in [6.45, 7) is 7.49. The molecular formula is C24H25N7O. The summed E-state index contributed by atoms with van der Waals surface area (Å²) < 4.78 is 9.32. The SMILES string of the molecule is Cc1cccc(-c2ccn(-c3cc(N4CCOCC4)c4ncn(C[C@H](C)C#N)c4n3)n2)c1. The van der Waals surface area contributed by atoms with E-state index in [2.05, 4.69) is 41.1 Å². The Morgan fingerprint density at radius 2 is 2.03 bits per heavy atom. The van der Waals surface area contributed by atoms with Gasteiger partial charge in [-0.1, -0.05) is 23.8 Å². The Labute approximate surface area is 186 Å². The van der Waals surface area contributed by atoms with E-state index in [4.69, 9.17) is 14.8 Å². The molecule has 8 nitrogen and oxygen atoms in total. The van der Waals surface area contributed by atoms with Crippen LogP contribution in [0.1, 0.15) is 12.5 Å². The van der Waals surface area contributed by atoms with Crippen LogP contribution in [-0.2, 0) is 11.3 Å². The van der Waals surface area contributed by atoms with E-state index in [1.54, 1.807) is 6.33 Å². The monoisotopic (exact) mass is 427 g/mol. The molecular weight excluding hydrogens is 402 g/mol. The maximum Gasteiger partial charge on any atom is 0.164 e. The minimum atomic E-state index is -0.137. The van der Waals surface area contributed by atoms with Crippen molar-refractivity contribution in [3.8, 4) is 23.1 Å². The summed E-state index contributed by atoms with van der Waals surface area (Å²) in [4.78, 5) is 11.8. The average Bonchev–Trinajstić information content (AvgIpc) is 3.47. The van der Waals surface area contributed by atoms with Gasteiger partial charge in [-0.2, -0.15) is 10.4 Å². The van der Waals surface area contributed by atoms with Gasteiger partial charge in [-0.05, 0) is 26.0 Å². The number of anilines is 1. The molecule has 0 N–H and O–H groups in total. The lowest BCUT2D eigenvalue weighted by Gasteiger charge is -2.29. The first-order chi connectivity index (χ1) is 15.6. The zero-order valence-electron chi connectivity index (χ0n) is 18.3. The van der Waals surface area contributed by atoms with Crippen LogP contribution in [0.25, 0.3) is 28.2 Å². The van der Waals surface area contributed by atoms with Gasteiger partial charge in [0.2, 0.25) is 0 Å². The highest BCUT2D eigenvalue weighted by atomic mass is 16.5. The zero-order chi connectivity index (χ0) is 22.1. The number of nitriles is 1. The van der Waals surface area contributed by atoms with E-state index in [0.29, 0.717) is 19.8 Å². The Balaban J connectivity index is 1.61. The summed E-state index contributed by atoms with van der Waals surface area (Å²) in [6.07, 6.45) is 3.72. The van der Waals surface area contributed by atoms with Gasteiger partial charge in [0.25, 0.3) is 0 Å². The van der Waals surface area contributed by atoms with Crippen molar-refractivity contribution < 1.29 is 4.74 Å². The van der Waals surface area contributed by atoms with Crippen molar-refractivity contribution in [2.24, 2.45) is 5.92 Å². The van der Waals surface area contributed by atoms with Crippen LogP contribution in [0, 0.1) is 24.2 Å². The van der Waals surface area contributed by atoms with Crippen LogP contribution in [0.2, 0.25) is 0 Å². The van der Waals surface area contributed by atoms with Gasteiger partial charge in [-0.25, -0.2) is 14.6 Å². The van der Waals surface area contributed by atoms with Gasteiger partial charge >= 0.3 is 0 Å². The van der Waals surface area contributed by atoms with Crippen molar-refractivity contribution in [2.75, 3.05) is 31.2 Å². The molecule has 0 bridgehead atoms. The van der Waals surface area contributed by atoms with Crippen LogP contribution < -0.4 is 4.90 Å². The van der Waals surface area contributed by atoms with Crippen molar-refractivity contribution in [3.63, 3.8) is 0 Å². The number of nitrogens with zero attached hydrogens (tertiary/aromatic N) is 7. The Bertz CT molecular complexity index is 1290. The fourth-order valence-corrected chi connectivity index (χ4v) is 4.05. The van der Waals surface area contributed by atoms with E-state index in [9.17, 15) is 5.26 Å². The third-order valence-corrected chi connectivity index (χ3v) is 5.72. The van der Waals surface area contributed by atoms with Crippen molar-refractivity contribution in [1.82, 2.24) is 24.3 Å². The average molecular weight is 428 g/mol. The van der Waals surface area contributed by atoms with Gasteiger partial charge in [-0.3, -0.25) is 0 Å². The molecule has 1 aromatic carbocycles. The first-order valence-corrected chi connectivity index (χ1v) is 10.8. The molecule has 4 heterocycles. The molecule has 162 valence electrons. The van der Waals surface area contributed by atoms with Crippen molar-refractivity contribution in [1.29, 1.82) is 5.26 Å². The van der Waals surface area contributed by atoms with Gasteiger partial charge in [0.05, 0.1) is 42.9 Å². The Morgan fingerprint density at radius 1 is 1.19 bits per heavy atom. The third-order valence-electron chi connectivity index (χ3n) is 5.72. The molecule has 1 fully saturated rings. The fraction of sp³-hybridized carbons (Fsp3) is 0.333. The molecule has 4 aromatic rings. The molecule has 1 saturated heterocycles. The number of ether oxygens (including phenoxy) is 1. The van der Waals surface area contributed by atoms with Gasteiger partial charge in [0, 0.05) is 37.5 Å². The number of imidazole rings is 1. The van der Waals surface area contributed by atoms with Crippen LogP contribution in [0.3, 0.4) is 0 Å². The summed E-state index contributed by atoms with van der Waals surface area (Å²) in [6, 6.07) is 14.7. The lowest BCUT2D eigenvalue weighted by atomic mass is 10.1. The molecule has 5 rings (SSSR count). The first kappa shape index (κ1) is 20.2. The summed E-state index contributed by atoms with van der Waals surface area (Å²) in [7, 11) is 0. The molecule has 0 radical (unpaired) electrons. The number of pyridine rings is 1. The number of morpholine rings is 1. The number of fused-ring (bicyclic) bond motifs is 1. The Hall–Kier alpha value is -3.70. The predicted molar refractivity (Wildman–Crippen MR) is 123 cm³/mol. The van der Waals surface area contributed by atoms with E-state index < -0.39 is 0 Å². The Kier molecular flexibility index (Phi) is 5.33. The highest BCUT2D eigenvalue weighted by molar-refractivity contribution is 5.87. The highest BCUT2D eigenvalue weighted by Gasteiger charge is 2.20. The molecule has 32 heavy (non-hydrogen) atoms. The number of hydrogen-bond acceptors (Lipinski definition) is 6. The highest BCUT2D eigenvalue weighted by Crippen LogP contribution is 2.29. The normalized spacial score (nSPS) is 15.1. The first-order valence-electron chi connectivity index (χ1n) is 10.8. The van der Waals surface area contributed by atoms with E-state index >= 15 is 0 Å². The van der Waals surface area contributed by atoms with Crippen molar-refractivity contribution >= 4 is 16.9 Å². The lowest BCUT2D eigenvalue weighted by molar-refractivity contribution is 0.123. The number of rotatable bonds is 5. The minimum Gasteiger partial charge on any atom is -0.378 e. The quantitative estimate of drug-likeness (QED) is 0.484. The van der Waals surface area contributed by atoms with Gasteiger partial charge < -0.3 is 14.2 Å². The summed E-state index contributed by atoms with van der Waals surface area (Å²) >= 11 is 0. The largest absolute Gasteiger partial charge is 0.378 e. The molecule has 1 aliphatic rings. The standard InChI is InChI=1S/C24H25N7O/c1-17-4-3-5-19(12-17)20-6-7-31(28-20)22-13-21(29-8-10-32-11-9-29)23-24(27-22)30(16-26-23)15-18(2)14-25/h3-7,12-13,16,18H,8-11,15H2,1-2H3/t18-/m1/s1. The molecule has 0 spiro atoms. The second-order valence-electron chi connectivity index (χ2n) is 8.21. The molecule has 1 atom stereocenters. The second kappa shape index (κ2) is 8.44. The second-order valence-corrected chi connectivity index (χ2v) is 8.21. The van der Waals surface area contributed by atoms with E-state index in [1.807, 2.05) is 40.6 Å². The molecule has 0 aliphatic carbocycles. The molecule has 3 aromatic heterocycles. The van der Waals surface area contributed by atoms with Crippen LogP contribution in [-0.4, -0.2) is 50.6 Å². The topological polar surface area (TPSA) is 84.8 Å². The van der Waals surface area contributed by atoms with E-state index in [1.165, 1.54) is 5.56 Å². The smallest absolute Gasteiger partial charge is 0.164 e. The number of benzene rings is 1. The predicted octanol–water partition coefficient (Wildman–Crippen LogP) is 3.59. The van der Waals surface area contributed by atoms with Crippen LogP contribution in [0.4, 0.5) is 5.69 Å². The van der Waals surface area contributed by atoms with Crippen LogP contribution >= 0.6 is 0 Å². The van der Waals surface area contributed by atoms with Crippen molar-refractivity contribution in [3.05, 3.63) is 54.5 Å². The summed E-state index contributed by atoms with van der Waals surface area (Å²) in [5.74, 6) is 0.589. The van der Waals surface area contributed by atoms with E-state index in [0.717, 1.165) is 47.0 Å². The molecule has 0 unspecified atom stereocenters. The molecule has 8 heteroatoms.